The Labute approximate surface area is 252 Å². The number of ether oxygens (including phenoxy) is 5. The molecule has 12 heteroatoms. The summed E-state index contributed by atoms with van der Waals surface area (Å²) in [5.41, 5.74) is -4.83. The van der Waals surface area contributed by atoms with E-state index in [0.29, 0.717) is 18.4 Å². The molecule has 2 aromatic rings. The third kappa shape index (κ3) is 2.78. The number of carbonyl (C=O) groups excluding carboxylic acids is 2. The fourth-order valence-corrected chi connectivity index (χ4v) is 10.7. The zero-order valence-electron chi connectivity index (χ0n) is 24.1. The van der Waals surface area contributed by atoms with Gasteiger partial charge in [0.2, 0.25) is 0 Å². The number of benzene rings is 2. The van der Waals surface area contributed by atoms with Crippen molar-refractivity contribution in [3.63, 3.8) is 0 Å². The number of hydrogen-bond acceptors (Lipinski definition) is 12. The topological polar surface area (TPSA) is 181 Å². The van der Waals surface area contributed by atoms with Crippen molar-refractivity contribution in [1.29, 1.82) is 0 Å². The van der Waals surface area contributed by atoms with Gasteiger partial charge in [0, 0.05) is 12.3 Å². The van der Waals surface area contributed by atoms with Crippen LogP contribution in [0.3, 0.4) is 0 Å². The summed E-state index contributed by atoms with van der Waals surface area (Å²) in [6.45, 7) is 3.27. The van der Waals surface area contributed by atoms with Crippen molar-refractivity contribution in [2.45, 2.75) is 79.8 Å². The standard InChI is InChI=1S/C32H34O12/c1-27-14-30(39)20-12-31(28(2,44-27)32(27,30)29(20,31)15-41-25(38)16-6-4-3-5-7-16)43-26-23(36)22(35)21(34)19(42-26)13-40-24(37)17-8-10-18(33)11-9-17/h3-11,19-23,26,33-36,39H,12-15H2,1-2H3/t19-,20?,21-,22+,23-,26+,27+,28?,29?,30-,31+,32?/m1/s1. The van der Waals surface area contributed by atoms with Gasteiger partial charge in [0.1, 0.15) is 54.6 Å². The lowest BCUT2D eigenvalue weighted by atomic mass is 9.00. The first-order valence-corrected chi connectivity index (χ1v) is 14.8. The highest BCUT2D eigenvalue weighted by molar-refractivity contribution is 5.90. The SMILES string of the molecule is CC12O[C@@]3(C)C[C@@]4(O)C5C[C@@]1(O[C@@H]1O[C@H](COC(=O)c6ccc(O)cc6)[C@@H](O)[C@H](O)[C@H]1O)C5(COC(=O)c1ccccc1)C243. The molecule has 6 aliphatic rings. The van der Waals surface area contributed by atoms with E-state index >= 15 is 0 Å². The minimum absolute atomic E-state index is 0.0241. The van der Waals surface area contributed by atoms with Crippen molar-refractivity contribution in [1.82, 2.24) is 0 Å². The van der Waals surface area contributed by atoms with Crippen LogP contribution < -0.4 is 0 Å². The number of phenols is 1. The van der Waals surface area contributed by atoms with E-state index in [4.69, 9.17) is 23.7 Å². The molecule has 44 heavy (non-hydrogen) atoms. The Morgan fingerprint density at radius 3 is 2.25 bits per heavy atom. The summed E-state index contributed by atoms with van der Waals surface area (Å²) in [5, 5.41) is 53.6. The van der Waals surface area contributed by atoms with Gasteiger partial charge in [0.15, 0.2) is 6.29 Å². The quantitative estimate of drug-likeness (QED) is 0.264. The molecule has 12 nitrogen and oxygen atoms in total. The summed E-state index contributed by atoms with van der Waals surface area (Å²) in [5.74, 6) is -1.53. The number of hydrogen-bond donors (Lipinski definition) is 5. The van der Waals surface area contributed by atoms with Crippen LogP contribution in [-0.2, 0) is 23.7 Å². The average Bonchev–Trinajstić information content (AvgIpc) is 2.99. The van der Waals surface area contributed by atoms with Crippen LogP contribution in [0.1, 0.15) is 47.4 Å². The van der Waals surface area contributed by atoms with E-state index in [1.165, 1.54) is 24.3 Å². The Morgan fingerprint density at radius 1 is 0.909 bits per heavy atom. The maximum atomic E-state index is 13.0. The van der Waals surface area contributed by atoms with Crippen LogP contribution in [-0.4, -0.2) is 104 Å². The fourth-order valence-electron chi connectivity index (χ4n) is 10.7. The number of carbonyl (C=O) groups is 2. The van der Waals surface area contributed by atoms with E-state index < -0.39 is 82.5 Å². The van der Waals surface area contributed by atoms with E-state index in [1.807, 2.05) is 13.8 Å². The molecule has 0 bridgehead atoms. The lowest BCUT2D eigenvalue weighted by Gasteiger charge is -3.10. The molecule has 0 aromatic heterocycles. The van der Waals surface area contributed by atoms with Crippen LogP contribution in [0.4, 0.5) is 0 Å². The van der Waals surface area contributed by atoms with Crippen molar-refractivity contribution in [3.8, 4) is 5.75 Å². The van der Waals surface area contributed by atoms with Crippen LogP contribution in [0.25, 0.3) is 0 Å². The molecule has 6 fully saturated rings. The average molecular weight is 611 g/mol. The Bertz CT molecular complexity index is 1550. The van der Waals surface area contributed by atoms with Gasteiger partial charge in [-0.3, -0.25) is 0 Å². The van der Waals surface area contributed by atoms with Crippen LogP contribution in [0.15, 0.2) is 54.6 Å². The molecule has 2 heterocycles. The van der Waals surface area contributed by atoms with Gasteiger partial charge in [-0.25, -0.2) is 9.59 Å². The van der Waals surface area contributed by atoms with Gasteiger partial charge in [0.05, 0.1) is 33.2 Å². The Morgan fingerprint density at radius 2 is 1.57 bits per heavy atom. The molecular weight excluding hydrogens is 576 g/mol. The molecular formula is C32H34O12. The number of aromatic hydroxyl groups is 1. The van der Waals surface area contributed by atoms with Crippen LogP contribution in [0.2, 0.25) is 0 Å². The third-order valence-corrected chi connectivity index (χ3v) is 11.9. The largest absolute Gasteiger partial charge is 0.508 e. The summed E-state index contributed by atoms with van der Waals surface area (Å²) < 4.78 is 30.2. The Hall–Kier alpha value is -3.10. The molecule has 4 aliphatic carbocycles. The predicted molar refractivity (Wildman–Crippen MR) is 146 cm³/mol. The second kappa shape index (κ2) is 8.58. The van der Waals surface area contributed by atoms with Gasteiger partial charge < -0.3 is 49.2 Å². The van der Waals surface area contributed by atoms with Gasteiger partial charge in [-0.15, -0.1) is 0 Å². The minimum Gasteiger partial charge on any atom is -0.508 e. The normalized spacial score (nSPS) is 48.5. The smallest absolute Gasteiger partial charge is 0.338 e. The predicted octanol–water partition coefficient (Wildman–Crippen LogP) is 0.671. The first-order valence-electron chi connectivity index (χ1n) is 14.8. The molecule has 234 valence electrons. The molecule has 2 aromatic carbocycles. The molecule has 2 aliphatic heterocycles. The highest BCUT2D eigenvalue weighted by atomic mass is 16.7. The molecule has 0 amide bonds. The van der Waals surface area contributed by atoms with E-state index in [0.717, 1.165) is 0 Å². The lowest BCUT2D eigenvalue weighted by molar-refractivity contribution is -0.734. The number of aliphatic hydroxyl groups is 4. The molecule has 8 rings (SSSR count). The van der Waals surface area contributed by atoms with Gasteiger partial charge in [-0.1, -0.05) is 18.2 Å². The second-order valence-electron chi connectivity index (χ2n) is 13.5. The summed E-state index contributed by atoms with van der Waals surface area (Å²) >= 11 is 0. The number of fused-ring (bicyclic) bond motifs is 2. The second-order valence-corrected chi connectivity index (χ2v) is 13.5. The molecule has 0 radical (unpaired) electrons. The first-order chi connectivity index (χ1) is 20.8. The van der Waals surface area contributed by atoms with Crippen molar-refractivity contribution in [2.24, 2.45) is 16.7 Å². The molecule has 5 N–H and O–H groups in total. The van der Waals surface area contributed by atoms with E-state index in [1.54, 1.807) is 30.3 Å². The Kier molecular flexibility index (Phi) is 5.53. The minimum atomic E-state index is -1.69. The van der Waals surface area contributed by atoms with Crippen molar-refractivity contribution >= 4 is 11.9 Å². The zero-order chi connectivity index (χ0) is 31.1. The highest BCUT2D eigenvalue weighted by Crippen LogP contribution is 3.06. The summed E-state index contributed by atoms with van der Waals surface area (Å²) in [6.07, 6.45) is -6.89. The van der Waals surface area contributed by atoms with Crippen molar-refractivity contribution in [3.05, 3.63) is 65.7 Å². The maximum Gasteiger partial charge on any atom is 0.338 e. The molecule has 4 saturated carbocycles. The molecule has 1 spiro atoms. The summed E-state index contributed by atoms with van der Waals surface area (Å²) in [6, 6.07) is 14.0. The van der Waals surface area contributed by atoms with Gasteiger partial charge in [-0.2, -0.15) is 0 Å². The van der Waals surface area contributed by atoms with Gasteiger partial charge >= 0.3 is 11.9 Å². The van der Waals surface area contributed by atoms with Crippen molar-refractivity contribution in [2.75, 3.05) is 13.2 Å². The monoisotopic (exact) mass is 610 g/mol. The van der Waals surface area contributed by atoms with Crippen LogP contribution in [0, 0.1) is 16.7 Å². The number of rotatable bonds is 8. The van der Waals surface area contributed by atoms with E-state index in [2.05, 4.69) is 0 Å². The highest BCUT2D eigenvalue weighted by Gasteiger charge is 3.18. The number of phenolic OH excluding ortho intramolecular Hbond substituents is 1. The summed E-state index contributed by atoms with van der Waals surface area (Å²) in [4.78, 5) is 25.5. The van der Waals surface area contributed by atoms with E-state index in [9.17, 15) is 35.1 Å². The number of esters is 2. The van der Waals surface area contributed by atoms with Crippen LogP contribution in [0.5, 0.6) is 5.75 Å². The van der Waals surface area contributed by atoms with Gasteiger partial charge in [0.25, 0.3) is 0 Å². The molecule has 4 unspecified atom stereocenters. The maximum absolute atomic E-state index is 13.0. The van der Waals surface area contributed by atoms with Gasteiger partial charge in [-0.05, 0) is 56.7 Å². The summed E-state index contributed by atoms with van der Waals surface area (Å²) in [7, 11) is 0. The zero-order valence-corrected chi connectivity index (χ0v) is 24.1. The molecule has 2 saturated heterocycles. The van der Waals surface area contributed by atoms with Crippen LogP contribution >= 0.6 is 0 Å². The Balaban J connectivity index is 1.04. The molecule has 12 atom stereocenters. The van der Waals surface area contributed by atoms with Crippen molar-refractivity contribution < 1.29 is 58.8 Å². The number of aliphatic hydroxyl groups excluding tert-OH is 3. The third-order valence-electron chi connectivity index (χ3n) is 11.9. The van der Waals surface area contributed by atoms with E-state index in [-0.39, 0.29) is 23.8 Å². The first kappa shape index (κ1) is 28.4. The fraction of sp³-hybridized carbons (Fsp3) is 0.562. The lowest BCUT2D eigenvalue weighted by Crippen LogP contribution is -3.22.